The maximum Gasteiger partial charge on any atom is 0.261 e. The van der Waals surface area contributed by atoms with E-state index in [1.807, 2.05) is 0 Å². The number of methoxy groups -OCH3 is 1. The molecule has 122 valence electrons. The Hall–Kier alpha value is -3.15. The minimum atomic E-state index is -0.369. The van der Waals surface area contributed by atoms with Gasteiger partial charge >= 0.3 is 0 Å². The standard InChI is InChI=1S/C18H16N2O4/c1-24-11-6-7-14(15(19)10-11)16(21)8-9-20-17(22)12-4-2-3-5-13(12)18(20)23/h2-7,10H,8-9,19H2,1H3. The van der Waals surface area contributed by atoms with Crippen molar-refractivity contribution >= 4 is 23.3 Å². The molecule has 2 amide bonds. The molecule has 0 spiro atoms. The number of carbonyl (C=O) groups excluding carboxylic acids is 3. The molecule has 0 fully saturated rings. The molecule has 1 aliphatic rings. The topological polar surface area (TPSA) is 89.7 Å². The predicted molar refractivity (Wildman–Crippen MR) is 88.2 cm³/mol. The van der Waals surface area contributed by atoms with E-state index in [1.165, 1.54) is 7.11 Å². The Morgan fingerprint density at radius 2 is 1.71 bits per heavy atom. The lowest BCUT2D eigenvalue weighted by molar-refractivity contribution is 0.0649. The van der Waals surface area contributed by atoms with Gasteiger partial charge in [0, 0.05) is 30.3 Å². The Morgan fingerprint density at radius 1 is 1.08 bits per heavy atom. The number of fused-ring (bicyclic) bond motifs is 1. The Bertz CT molecular complexity index is 810. The quantitative estimate of drug-likeness (QED) is 0.517. The molecule has 0 aliphatic carbocycles. The average Bonchev–Trinajstić information content (AvgIpc) is 2.84. The number of nitrogens with zero attached hydrogens (tertiary/aromatic N) is 1. The number of nitrogen functional groups attached to an aromatic ring is 1. The molecule has 3 rings (SSSR count). The molecule has 0 atom stereocenters. The molecule has 0 saturated carbocycles. The van der Waals surface area contributed by atoms with Crippen LogP contribution < -0.4 is 10.5 Å². The first-order valence-corrected chi connectivity index (χ1v) is 7.45. The fourth-order valence-corrected chi connectivity index (χ4v) is 2.71. The normalized spacial score (nSPS) is 13.1. The number of rotatable bonds is 5. The number of ether oxygens (including phenoxy) is 1. The van der Waals surface area contributed by atoms with Crippen LogP contribution in [0.1, 0.15) is 37.5 Å². The zero-order chi connectivity index (χ0) is 17.3. The van der Waals surface area contributed by atoms with E-state index in [0.717, 1.165) is 4.90 Å². The van der Waals surface area contributed by atoms with Crippen LogP contribution in [0.5, 0.6) is 5.75 Å². The zero-order valence-corrected chi connectivity index (χ0v) is 13.1. The molecule has 2 aromatic carbocycles. The van der Waals surface area contributed by atoms with Crippen molar-refractivity contribution in [3.05, 3.63) is 59.2 Å². The molecule has 0 aromatic heterocycles. The Balaban J connectivity index is 1.72. The van der Waals surface area contributed by atoms with Crippen molar-refractivity contribution in [3.8, 4) is 5.75 Å². The van der Waals surface area contributed by atoms with Crippen LogP contribution in [0.4, 0.5) is 5.69 Å². The van der Waals surface area contributed by atoms with E-state index in [4.69, 9.17) is 10.5 Å². The number of nitrogens with two attached hydrogens (primary N) is 1. The molecule has 2 aromatic rings. The van der Waals surface area contributed by atoms with Gasteiger partial charge in [-0.1, -0.05) is 12.1 Å². The fraction of sp³-hybridized carbons (Fsp3) is 0.167. The highest BCUT2D eigenvalue weighted by molar-refractivity contribution is 6.21. The van der Waals surface area contributed by atoms with Crippen molar-refractivity contribution in [1.29, 1.82) is 0 Å². The van der Waals surface area contributed by atoms with Gasteiger partial charge in [0.2, 0.25) is 0 Å². The van der Waals surface area contributed by atoms with Gasteiger partial charge in [-0.25, -0.2) is 0 Å². The summed E-state index contributed by atoms with van der Waals surface area (Å²) in [6.45, 7) is 0.0245. The number of ketones is 1. The maximum absolute atomic E-state index is 12.3. The van der Waals surface area contributed by atoms with E-state index in [1.54, 1.807) is 42.5 Å². The molecule has 6 heteroatoms. The van der Waals surface area contributed by atoms with Crippen molar-refractivity contribution in [2.45, 2.75) is 6.42 Å². The summed E-state index contributed by atoms with van der Waals surface area (Å²) in [6.07, 6.45) is 0.0159. The summed E-state index contributed by atoms with van der Waals surface area (Å²) in [6, 6.07) is 11.4. The largest absolute Gasteiger partial charge is 0.497 e. The lowest BCUT2D eigenvalue weighted by Crippen LogP contribution is -2.32. The maximum atomic E-state index is 12.3. The lowest BCUT2D eigenvalue weighted by atomic mass is 10.1. The van der Waals surface area contributed by atoms with Crippen LogP contribution in [0.3, 0.4) is 0 Å². The van der Waals surface area contributed by atoms with Gasteiger partial charge in [-0.2, -0.15) is 0 Å². The van der Waals surface area contributed by atoms with Gasteiger partial charge in [-0.15, -0.1) is 0 Å². The van der Waals surface area contributed by atoms with Crippen molar-refractivity contribution in [1.82, 2.24) is 4.90 Å². The molecule has 2 N–H and O–H groups in total. The van der Waals surface area contributed by atoms with E-state index >= 15 is 0 Å². The molecule has 0 bridgehead atoms. The van der Waals surface area contributed by atoms with Gasteiger partial charge in [-0.05, 0) is 24.3 Å². The van der Waals surface area contributed by atoms with E-state index in [9.17, 15) is 14.4 Å². The molecule has 1 heterocycles. The minimum Gasteiger partial charge on any atom is -0.497 e. The van der Waals surface area contributed by atoms with Crippen LogP contribution >= 0.6 is 0 Å². The van der Waals surface area contributed by atoms with Gasteiger partial charge in [0.1, 0.15) is 5.75 Å². The molecule has 0 radical (unpaired) electrons. The molecule has 0 unspecified atom stereocenters. The van der Waals surface area contributed by atoms with Crippen LogP contribution in [0, 0.1) is 0 Å². The molecule has 1 aliphatic heterocycles. The van der Waals surface area contributed by atoms with Crippen LogP contribution in [0.2, 0.25) is 0 Å². The Morgan fingerprint density at radius 3 is 2.25 bits per heavy atom. The average molecular weight is 324 g/mol. The Labute approximate surface area is 138 Å². The molecule has 0 saturated heterocycles. The summed E-state index contributed by atoms with van der Waals surface area (Å²) in [5.41, 5.74) is 7.27. The summed E-state index contributed by atoms with van der Waals surface area (Å²) in [5, 5.41) is 0. The van der Waals surface area contributed by atoms with Crippen molar-refractivity contribution in [2.75, 3.05) is 19.4 Å². The number of anilines is 1. The number of Topliss-reactive ketones (excluding diaryl/α,β-unsaturated/α-hetero) is 1. The summed E-state index contributed by atoms with van der Waals surface area (Å²) < 4.78 is 5.05. The SMILES string of the molecule is COc1ccc(C(=O)CCN2C(=O)c3ccccc3C2=O)c(N)c1. The van der Waals surface area contributed by atoms with Crippen LogP contribution in [0.15, 0.2) is 42.5 Å². The van der Waals surface area contributed by atoms with Crippen molar-refractivity contribution in [3.63, 3.8) is 0 Å². The van der Waals surface area contributed by atoms with Gasteiger partial charge in [0.05, 0.1) is 18.2 Å². The van der Waals surface area contributed by atoms with Crippen LogP contribution in [0.25, 0.3) is 0 Å². The number of benzene rings is 2. The highest BCUT2D eigenvalue weighted by atomic mass is 16.5. The number of hydrogen-bond donors (Lipinski definition) is 1. The first-order valence-electron chi connectivity index (χ1n) is 7.45. The molecule has 6 nitrogen and oxygen atoms in total. The van der Waals surface area contributed by atoms with E-state index in [2.05, 4.69) is 0 Å². The Kier molecular flexibility index (Phi) is 4.04. The number of imide groups is 1. The van der Waals surface area contributed by atoms with Crippen molar-refractivity contribution in [2.24, 2.45) is 0 Å². The highest BCUT2D eigenvalue weighted by Crippen LogP contribution is 2.24. The van der Waals surface area contributed by atoms with E-state index < -0.39 is 0 Å². The molecular weight excluding hydrogens is 308 g/mol. The first-order chi connectivity index (χ1) is 11.5. The van der Waals surface area contributed by atoms with Gasteiger partial charge in [0.15, 0.2) is 5.78 Å². The number of amides is 2. The zero-order valence-electron chi connectivity index (χ0n) is 13.1. The summed E-state index contributed by atoms with van der Waals surface area (Å²) >= 11 is 0. The summed E-state index contributed by atoms with van der Waals surface area (Å²) in [5.74, 6) is -0.409. The fourth-order valence-electron chi connectivity index (χ4n) is 2.71. The third-order valence-corrected chi connectivity index (χ3v) is 4.00. The van der Waals surface area contributed by atoms with Crippen LogP contribution in [-0.2, 0) is 0 Å². The lowest BCUT2D eigenvalue weighted by Gasteiger charge is -2.13. The van der Waals surface area contributed by atoms with E-state index in [0.29, 0.717) is 28.1 Å². The first kappa shape index (κ1) is 15.7. The number of carbonyl (C=O) groups is 3. The molecular formula is C18H16N2O4. The second-order valence-corrected chi connectivity index (χ2v) is 5.43. The highest BCUT2D eigenvalue weighted by Gasteiger charge is 2.35. The summed E-state index contributed by atoms with van der Waals surface area (Å²) in [4.78, 5) is 38.0. The second-order valence-electron chi connectivity index (χ2n) is 5.43. The van der Waals surface area contributed by atoms with Gasteiger partial charge in [0.25, 0.3) is 11.8 Å². The predicted octanol–water partition coefficient (Wildman–Crippen LogP) is 2.15. The second kappa shape index (κ2) is 6.16. The number of hydrogen-bond acceptors (Lipinski definition) is 5. The van der Waals surface area contributed by atoms with Crippen LogP contribution in [-0.4, -0.2) is 36.2 Å². The van der Waals surface area contributed by atoms with Gasteiger partial charge in [-0.3, -0.25) is 19.3 Å². The summed E-state index contributed by atoms with van der Waals surface area (Å²) in [7, 11) is 1.51. The van der Waals surface area contributed by atoms with Gasteiger partial charge < -0.3 is 10.5 Å². The monoisotopic (exact) mass is 324 g/mol. The van der Waals surface area contributed by atoms with E-state index in [-0.39, 0.29) is 30.6 Å². The smallest absolute Gasteiger partial charge is 0.261 e. The van der Waals surface area contributed by atoms with Crippen molar-refractivity contribution < 1.29 is 19.1 Å². The molecule has 24 heavy (non-hydrogen) atoms. The third kappa shape index (κ3) is 2.62. The minimum absolute atomic E-state index is 0.0159. The third-order valence-electron chi connectivity index (χ3n) is 4.00.